The van der Waals surface area contributed by atoms with E-state index in [4.69, 9.17) is 5.11 Å². The second kappa shape index (κ2) is 5.50. The van der Waals surface area contributed by atoms with Crippen molar-refractivity contribution in [1.29, 1.82) is 0 Å². The number of aryl methyl sites for hydroxylation is 2. The highest BCUT2D eigenvalue weighted by molar-refractivity contribution is 9.10. The zero-order chi connectivity index (χ0) is 14.9. The van der Waals surface area contributed by atoms with Crippen molar-refractivity contribution in [3.8, 4) is 0 Å². The number of anilines is 1. The topological polar surface area (TPSA) is 82.2 Å². The number of carboxylic acids is 1. The van der Waals surface area contributed by atoms with Crippen molar-refractivity contribution < 1.29 is 14.7 Å². The minimum atomic E-state index is -1.11. The third-order valence-corrected chi connectivity index (χ3v) is 3.70. The molecule has 0 aliphatic heterocycles. The lowest BCUT2D eigenvalue weighted by Crippen LogP contribution is -2.14. The fourth-order valence-electron chi connectivity index (χ4n) is 1.79. The van der Waals surface area contributed by atoms with Crippen LogP contribution in [0.15, 0.2) is 28.7 Å². The lowest BCUT2D eigenvalue weighted by atomic mass is 10.1. The van der Waals surface area contributed by atoms with Crippen LogP contribution in [0.5, 0.6) is 0 Å². The number of carbonyl (C=O) groups is 2. The van der Waals surface area contributed by atoms with Crippen molar-refractivity contribution in [3.63, 3.8) is 0 Å². The van der Waals surface area contributed by atoms with E-state index in [1.54, 1.807) is 25.1 Å². The number of amides is 1. The van der Waals surface area contributed by atoms with Gasteiger partial charge >= 0.3 is 5.97 Å². The molecule has 2 rings (SSSR count). The van der Waals surface area contributed by atoms with Crippen LogP contribution in [0.4, 0.5) is 5.69 Å². The molecule has 0 radical (unpaired) electrons. The summed E-state index contributed by atoms with van der Waals surface area (Å²) in [6, 6.07) is 6.80. The van der Waals surface area contributed by atoms with E-state index in [1.807, 2.05) is 13.0 Å². The van der Waals surface area contributed by atoms with Crippen molar-refractivity contribution in [2.45, 2.75) is 13.8 Å². The molecule has 0 saturated carbocycles. The van der Waals surface area contributed by atoms with Crippen LogP contribution in [0, 0.1) is 13.8 Å². The minimum Gasteiger partial charge on any atom is -0.477 e. The van der Waals surface area contributed by atoms with E-state index in [0.717, 1.165) is 10.0 Å². The van der Waals surface area contributed by atoms with E-state index in [2.05, 4.69) is 26.2 Å². The van der Waals surface area contributed by atoms with E-state index >= 15 is 0 Å². The number of rotatable bonds is 3. The summed E-state index contributed by atoms with van der Waals surface area (Å²) in [5, 5.41) is 11.7. The number of aromatic carboxylic acids is 1. The third-order valence-electron chi connectivity index (χ3n) is 2.85. The first-order chi connectivity index (χ1) is 9.38. The smallest absolute Gasteiger partial charge is 0.354 e. The van der Waals surface area contributed by atoms with Gasteiger partial charge in [0.15, 0.2) is 0 Å². The minimum absolute atomic E-state index is 0.0259. The molecule has 0 unspecified atom stereocenters. The average Bonchev–Trinajstić information content (AvgIpc) is 2.73. The van der Waals surface area contributed by atoms with Crippen molar-refractivity contribution >= 4 is 33.5 Å². The predicted octanol–water partition coefficient (Wildman–Crippen LogP) is 3.34. The summed E-state index contributed by atoms with van der Waals surface area (Å²) < 4.78 is 0.828. The summed E-state index contributed by atoms with van der Waals surface area (Å²) in [6.45, 7) is 3.65. The molecule has 0 aliphatic rings. The highest BCUT2D eigenvalue weighted by Gasteiger charge is 2.16. The van der Waals surface area contributed by atoms with Gasteiger partial charge in [-0.3, -0.25) is 4.79 Å². The van der Waals surface area contributed by atoms with Crippen LogP contribution in [-0.4, -0.2) is 22.0 Å². The SMILES string of the molecule is Cc1cc(NC(=O)c2ccc(C)c(Br)c2)c(C(=O)O)[nH]1. The Kier molecular flexibility index (Phi) is 3.94. The molecular weight excluding hydrogens is 324 g/mol. The lowest BCUT2D eigenvalue weighted by Gasteiger charge is -2.06. The highest BCUT2D eigenvalue weighted by Crippen LogP contribution is 2.21. The molecule has 6 heteroatoms. The second-order valence-electron chi connectivity index (χ2n) is 4.46. The van der Waals surface area contributed by atoms with Crippen molar-refractivity contribution in [2.24, 2.45) is 0 Å². The molecule has 104 valence electrons. The predicted molar refractivity (Wildman–Crippen MR) is 79.3 cm³/mol. The Balaban J connectivity index is 2.27. The van der Waals surface area contributed by atoms with Crippen molar-refractivity contribution in [2.75, 3.05) is 5.32 Å². The normalized spacial score (nSPS) is 10.3. The van der Waals surface area contributed by atoms with Crippen LogP contribution in [0.2, 0.25) is 0 Å². The van der Waals surface area contributed by atoms with Gasteiger partial charge in [0.1, 0.15) is 5.69 Å². The Bertz CT molecular complexity index is 692. The summed E-state index contributed by atoms with van der Waals surface area (Å²) in [7, 11) is 0. The van der Waals surface area contributed by atoms with Gasteiger partial charge < -0.3 is 15.4 Å². The largest absolute Gasteiger partial charge is 0.477 e. The first-order valence-electron chi connectivity index (χ1n) is 5.89. The Hall–Kier alpha value is -2.08. The summed E-state index contributed by atoms with van der Waals surface area (Å²) in [5.41, 5.74) is 2.38. The molecule has 1 amide bonds. The number of hydrogen-bond donors (Lipinski definition) is 3. The first kappa shape index (κ1) is 14.3. The molecule has 2 aromatic rings. The van der Waals surface area contributed by atoms with Crippen molar-refractivity contribution in [1.82, 2.24) is 4.98 Å². The molecule has 0 atom stereocenters. The quantitative estimate of drug-likeness (QED) is 0.803. The Labute approximate surface area is 124 Å². The summed E-state index contributed by atoms with van der Waals surface area (Å²) in [6.07, 6.45) is 0. The fourth-order valence-corrected chi connectivity index (χ4v) is 2.16. The summed E-state index contributed by atoms with van der Waals surface area (Å²) >= 11 is 3.36. The van der Waals surface area contributed by atoms with Crippen LogP contribution in [0.25, 0.3) is 0 Å². The Morgan fingerprint density at radius 1 is 1.25 bits per heavy atom. The molecular formula is C14H13BrN2O3. The zero-order valence-electron chi connectivity index (χ0n) is 11.0. The molecule has 20 heavy (non-hydrogen) atoms. The number of carboxylic acid groups (broad SMARTS) is 1. The van der Waals surface area contributed by atoms with Crippen LogP contribution >= 0.6 is 15.9 Å². The molecule has 0 fully saturated rings. The number of hydrogen-bond acceptors (Lipinski definition) is 2. The van der Waals surface area contributed by atoms with Gasteiger partial charge in [0.2, 0.25) is 0 Å². The molecule has 3 N–H and O–H groups in total. The lowest BCUT2D eigenvalue weighted by molar-refractivity contribution is 0.0692. The summed E-state index contributed by atoms with van der Waals surface area (Å²) in [4.78, 5) is 25.9. The number of carbonyl (C=O) groups excluding carboxylic acids is 1. The number of halogens is 1. The Morgan fingerprint density at radius 3 is 2.55 bits per heavy atom. The van der Waals surface area contributed by atoms with Crippen molar-refractivity contribution in [3.05, 3.63) is 51.3 Å². The summed E-state index contributed by atoms with van der Waals surface area (Å²) in [5.74, 6) is -1.47. The van der Waals surface area contributed by atoms with E-state index < -0.39 is 5.97 Å². The van der Waals surface area contributed by atoms with Gasteiger partial charge in [-0.2, -0.15) is 0 Å². The monoisotopic (exact) mass is 336 g/mol. The number of aromatic nitrogens is 1. The van der Waals surface area contributed by atoms with Crippen LogP contribution in [0.3, 0.4) is 0 Å². The number of aromatic amines is 1. The van der Waals surface area contributed by atoms with Gasteiger partial charge in [-0.1, -0.05) is 22.0 Å². The maximum atomic E-state index is 12.1. The molecule has 0 aliphatic carbocycles. The van der Waals surface area contributed by atoms with Crippen LogP contribution in [0.1, 0.15) is 32.1 Å². The third kappa shape index (κ3) is 2.91. The number of benzene rings is 1. The maximum Gasteiger partial charge on any atom is 0.354 e. The zero-order valence-corrected chi connectivity index (χ0v) is 12.5. The van der Waals surface area contributed by atoms with E-state index in [9.17, 15) is 9.59 Å². The molecule has 0 bridgehead atoms. The number of H-pyrrole nitrogens is 1. The van der Waals surface area contributed by atoms with Crippen LogP contribution in [-0.2, 0) is 0 Å². The van der Waals surface area contributed by atoms with E-state index in [1.165, 1.54) is 0 Å². The molecule has 0 saturated heterocycles. The standard InChI is InChI=1S/C14H13BrN2O3/c1-7-3-4-9(6-10(7)15)13(18)17-11-5-8(2)16-12(11)14(19)20/h3-6,16H,1-2H3,(H,17,18)(H,19,20). The van der Waals surface area contributed by atoms with E-state index in [-0.39, 0.29) is 17.3 Å². The van der Waals surface area contributed by atoms with Gasteiger partial charge in [-0.25, -0.2) is 4.79 Å². The van der Waals surface area contributed by atoms with E-state index in [0.29, 0.717) is 11.3 Å². The molecule has 1 heterocycles. The van der Waals surface area contributed by atoms with Gasteiger partial charge in [-0.05, 0) is 37.6 Å². The molecule has 1 aromatic heterocycles. The molecule has 1 aromatic carbocycles. The second-order valence-corrected chi connectivity index (χ2v) is 5.32. The molecule has 0 spiro atoms. The maximum absolute atomic E-state index is 12.1. The van der Waals surface area contributed by atoms with Gasteiger partial charge in [0.05, 0.1) is 5.69 Å². The van der Waals surface area contributed by atoms with Crippen LogP contribution < -0.4 is 5.32 Å². The van der Waals surface area contributed by atoms with Gasteiger partial charge in [-0.15, -0.1) is 0 Å². The highest BCUT2D eigenvalue weighted by atomic mass is 79.9. The number of nitrogens with one attached hydrogen (secondary N) is 2. The average molecular weight is 337 g/mol. The first-order valence-corrected chi connectivity index (χ1v) is 6.68. The fraction of sp³-hybridized carbons (Fsp3) is 0.143. The Morgan fingerprint density at radius 2 is 1.95 bits per heavy atom. The van der Waals surface area contributed by atoms with Gasteiger partial charge in [0.25, 0.3) is 5.91 Å². The molecule has 5 nitrogen and oxygen atoms in total. The van der Waals surface area contributed by atoms with Gasteiger partial charge in [0, 0.05) is 15.7 Å².